The van der Waals surface area contributed by atoms with E-state index >= 15 is 0 Å². The maximum atomic E-state index is 11.0. The van der Waals surface area contributed by atoms with Crippen LogP contribution in [-0.4, -0.2) is 43.1 Å². The number of nitrogens with one attached hydrogen (secondary N) is 1. The highest BCUT2D eigenvalue weighted by molar-refractivity contribution is 6.01. The molecule has 1 saturated heterocycles. The predicted molar refractivity (Wildman–Crippen MR) is 46.2 cm³/mol. The molecule has 1 rings (SSSR count). The zero-order valence-corrected chi connectivity index (χ0v) is 7.71. The maximum absolute atomic E-state index is 11.0. The minimum Gasteiger partial charge on any atom is -0.380 e. The minimum absolute atomic E-state index is 0.161. The molecule has 1 fully saturated rings. The third-order valence-electron chi connectivity index (χ3n) is 1.72. The van der Waals surface area contributed by atoms with Crippen LogP contribution in [0.2, 0.25) is 0 Å². The van der Waals surface area contributed by atoms with Crippen LogP contribution in [0.4, 0.5) is 4.79 Å². The van der Waals surface area contributed by atoms with E-state index in [9.17, 15) is 9.59 Å². The Balaban J connectivity index is 2.14. The van der Waals surface area contributed by atoms with Crippen molar-refractivity contribution >= 4 is 11.9 Å². The molecule has 5 heteroatoms. The van der Waals surface area contributed by atoms with Crippen LogP contribution in [-0.2, 0) is 9.53 Å². The van der Waals surface area contributed by atoms with Gasteiger partial charge in [-0.3, -0.25) is 10.1 Å². The van der Waals surface area contributed by atoms with Gasteiger partial charge in [-0.15, -0.1) is 0 Å². The Morgan fingerprint density at radius 2 is 2.23 bits per heavy atom. The number of carbonyl (C=O) groups is 2. The Bertz CT molecular complexity index is 206. The van der Waals surface area contributed by atoms with Gasteiger partial charge in [0.05, 0.1) is 6.61 Å². The zero-order chi connectivity index (χ0) is 9.68. The summed E-state index contributed by atoms with van der Waals surface area (Å²) in [7, 11) is 0. The van der Waals surface area contributed by atoms with Crippen LogP contribution in [0.5, 0.6) is 0 Å². The second-order valence-electron chi connectivity index (χ2n) is 2.89. The lowest BCUT2D eigenvalue weighted by molar-refractivity contribution is -0.118. The van der Waals surface area contributed by atoms with Crippen molar-refractivity contribution in [1.29, 1.82) is 0 Å². The number of nitrogens with zero attached hydrogens (tertiary/aromatic N) is 1. The summed E-state index contributed by atoms with van der Waals surface area (Å²) < 4.78 is 5.20. The lowest BCUT2D eigenvalue weighted by Crippen LogP contribution is -2.31. The van der Waals surface area contributed by atoms with Crippen molar-refractivity contribution in [2.75, 3.05) is 26.3 Å². The topological polar surface area (TPSA) is 58.6 Å². The first-order valence-electron chi connectivity index (χ1n) is 4.40. The van der Waals surface area contributed by atoms with Crippen LogP contribution >= 0.6 is 0 Å². The number of ether oxygens (including phenoxy) is 1. The highest BCUT2D eigenvalue weighted by atomic mass is 16.5. The molecule has 5 nitrogen and oxygen atoms in total. The Morgan fingerprint density at radius 1 is 1.46 bits per heavy atom. The number of hydrogen-bond donors (Lipinski definition) is 1. The monoisotopic (exact) mass is 186 g/mol. The SMILES string of the molecule is CCCOCCN1CC(=O)NC1=O. The Morgan fingerprint density at radius 3 is 2.77 bits per heavy atom. The first-order chi connectivity index (χ1) is 6.24. The summed E-state index contributed by atoms with van der Waals surface area (Å²) in [5.74, 6) is -0.236. The molecule has 0 atom stereocenters. The average molecular weight is 186 g/mol. The minimum atomic E-state index is -0.315. The maximum Gasteiger partial charge on any atom is 0.324 e. The van der Waals surface area contributed by atoms with Crippen molar-refractivity contribution in [2.45, 2.75) is 13.3 Å². The number of amides is 3. The Hall–Kier alpha value is -1.10. The highest BCUT2D eigenvalue weighted by Crippen LogP contribution is 1.97. The molecule has 74 valence electrons. The molecule has 3 amide bonds. The molecule has 1 N–H and O–H groups in total. The molecular weight excluding hydrogens is 172 g/mol. The zero-order valence-electron chi connectivity index (χ0n) is 7.71. The van der Waals surface area contributed by atoms with Crippen LogP contribution in [0.15, 0.2) is 0 Å². The van der Waals surface area contributed by atoms with Crippen LogP contribution in [0.25, 0.3) is 0 Å². The summed E-state index contributed by atoms with van der Waals surface area (Å²) in [5.41, 5.74) is 0. The third kappa shape index (κ3) is 3.02. The van der Waals surface area contributed by atoms with Gasteiger partial charge in [-0.2, -0.15) is 0 Å². The lowest BCUT2D eigenvalue weighted by atomic mass is 10.5. The summed E-state index contributed by atoms with van der Waals surface area (Å²) in [5, 5.41) is 2.20. The third-order valence-corrected chi connectivity index (χ3v) is 1.72. The molecular formula is C8H14N2O3. The molecule has 1 heterocycles. The summed E-state index contributed by atoms with van der Waals surface area (Å²) in [6, 6.07) is -0.315. The number of carbonyl (C=O) groups excluding carboxylic acids is 2. The molecule has 0 aromatic rings. The van der Waals surface area contributed by atoms with Gasteiger partial charge in [0.25, 0.3) is 0 Å². The summed E-state index contributed by atoms with van der Waals surface area (Å²) in [4.78, 5) is 23.2. The summed E-state index contributed by atoms with van der Waals surface area (Å²) in [6.45, 7) is 3.86. The van der Waals surface area contributed by atoms with Gasteiger partial charge in [0, 0.05) is 13.2 Å². The Labute approximate surface area is 77.0 Å². The van der Waals surface area contributed by atoms with E-state index in [1.165, 1.54) is 4.90 Å². The standard InChI is InChI=1S/C8H14N2O3/c1-2-4-13-5-3-10-6-7(11)9-8(10)12/h2-6H2,1H3,(H,9,11,12). The second kappa shape index (κ2) is 4.81. The molecule has 0 aromatic carbocycles. The van der Waals surface area contributed by atoms with Crippen molar-refractivity contribution in [1.82, 2.24) is 10.2 Å². The van der Waals surface area contributed by atoms with Crippen molar-refractivity contribution < 1.29 is 14.3 Å². The van der Waals surface area contributed by atoms with Gasteiger partial charge >= 0.3 is 6.03 Å². The number of rotatable bonds is 5. The lowest BCUT2D eigenvalue weighted by Gasteiger charge is -2.12. The van der Waals surface area contributed by atoms with Crippen LogP contribution in [0, 0.1) is 0 Å². The molecule has 0 aromatic heterocycles. The summed E-state index contributed by atoms with van der Waals surface area (Å²) in [6.07, 6.45) is 0.963. The van der Waals surface area contributed by atoms with Crippen molar-refractivity contribution in [3.05, 3.63) is 0 Å². The number of imide groups is 1. The molecule has 13 heavy (non-hydrogen) atoms. The smallest absolute Gasteiger partial charge is 0.324 e. The quantitative estimate of drug-likeness (QED) is 0.484. The fourth-order valence-electron chi connectivity index (χ4n) is 1.08. The molecule has 0 spiro atoms. The van der Waals surface area contributed by atoms with Crippen LogP contribution in [0.3, 0.4) is 0 Å². The molecule has 1 aliphatic rings. The summed E-state index contributed by atoms with van der Waals surface area (Å²) >= 11 is 0. The highest BCUT2D eigenvalue weighted by Gasteiger charge is 2.25. The van der Waals surface area contributed by atoms with Crippen molar-refractivity contribution in [3.63, 3.8) is 0 Å². The normalized spacial score (nSPS) is 16.5. The van der Waals surface area contributed by atoms with Gasteiger partial charge in [-0.05, 0) is 6.42 Å². The van der Waals surface area contributed by atoms with Gasteiger partial charge in [-0.1, -0.05) is 6.92 Å². The first kappa shape index (κ1) is 9.98. The number of hydrogen-bond acceptors (Lipinski definition) is 3. The first-order valence-corrected chi connectivity index (χ1v) is 4.40. The van der Waals surface area contributed by atoms with Gasteiger partial charge in [-0.25, -0.2) is 4.79 Å². The van der Waals surface area contributed by atoms with Gasteiger partial charge < -0.3 is 9.64 Å². The van der Waals surface area contributed by atoms with E-state index < -0.39 is 0 Å². The largest absolute Gasteiger partial charge is 0.380 e. The van der Waals surface area contributed by atoms with Gasteiger partial charge in [0.2, 0.25) is 5.91 Å². The molecule has 0 unspecified atom stereocenters. The van der Waals surface area contributed by atoms with E-state index in [4.69, 9.17) is 4.74 Å². The Kier molecular flexibility index (Phi) is 3.70. The molecule has 0 radical (unpaired) electrons. The number of urea groups is 1. The van der Waals surface area contributed by atoms with Gasteiger partial charge in [0.15, 0.2) is 0 Å². The molecule has 0 saturated carbocycles. The van der Waals surface area contributed by atoms with Crippen molar-refractivity contribution in [2.24, 2.45) is 0 Å². The molecule has 1 aliphatic heterocycles. The van der Waals surface area contributed by atoms with Crippen LogP contribution in [0.1, 0.15) is 13.3 Å². The van der Waals surface area contributed by atoms with E-state index in [1.54, 1.807) is 0 Å². The van der Waals surface area contributed by atoms with Gasteiger partial charge in [0.1, 0.15) is 6.54 Å². The van der Waals surface area contributed by atoms with E-state index in [2.05, 4.69) is 5.32 Å². The molecule has 0 bridgehead atoms. The van der Waals surface area contributed by atoms with E-state index in [0.29, 0.717) is 19.8 Å². The fourth-order valence-corrected chi connectivity index (χ4v) is 1.08. The van der Waals surface area contributed by atoms with E-state index in [0.717, 1.165) is 6.42 Å². The van der Waals surface area contributed by atoms with Crippen LogP contribution < -0.4 is 5.32 Å². The van der Waals surface area contributed by atoms with E-state index in [1.807, 2.05) is 6.92 Å². The van der Waals surface area contributed by atoms with E-state index in [-0.39, 0.29) is 18.5 Å². The predicted octanol–water partition coefficient (Wildman–Crippen LogP) is -0.0352. The average Bonchev–Trinajstić information content (AvgIpc) is 2.39. The molecule has 0 aliphatic carbocycles. The fraction of sp³-hybridized carbons (Fsp3) is 0.750. The second-order valence-corrected chi connectivity index (χ2v) is 2.89. The van der Waals surface area contributed by atoms with Crippen molar-refractivity contribution in [3.8, 4) is 0 Å².